The molecule has 1 unspecified atom stereocenters. The fraction of sp³-hybridized carbons (Fsp3) is 0.647. The maximum Gasteiger partial charge on any atom is 0.0348 e. The van der Waals surface area contributed by atoms with Crippen LogP contribution in [0, 0.1) is 5.41 Å². The summed E-state index contributed by atoms with van der Waals surface area (Å²) >= 11 is 2.13. The Morgan fingerprint density at radius 2 is 1.72 bits per heavy atom. The first-order valence-electron chi connectivity index (χ1n) is 6.94. The van der Waals surface area contributed by atoms with E-state index in [2.05, 4.69) is 71.5 Å². The largest absolute Gasteiger partial charge is 0.153 e. The topological polar surface area (TPSA) is 0 Å². The van der Waals surface area contributed by atoms with Gasteiger partial charge in [0, 0.05) is 5.25 Å². The van der Waals surface area contributed by atoms with Crippen molar-refractivity contribution < 1.29 is 0 Å². The molecule has 0 spiro atoms. The van der Waals surface area contributed by atoms with E-state index in [1.54, 1.807) is 11.1 Å². The molecule has 0 radical (unpaired) electrons. The Morgan fingerprint density at radius 3 is 2.28 bits per heavy atom. The standard InChI is InChI=1S/C17H26S/c1-16(2,3)13-7-8-14-12(11-13)9-10-18-15(14)17(4,5)6/h7-8,11,15H,9-10H2,1-6H3. The number of rotatable bonds is 0. The summed E-state index contributed by atoms with van der Waals surface area (Å²) in [5.41, 5.74) is 5.24. The van der Waals surface area contributed by atoms with E-state index in [-0.39, 0.29) is 5.41 Å². The Hall–Kier alpha value is -0.430. The van der Waals surface area contributed by atoms with Crippen LogP contribution in [0.1, 0.15) is 63.5 Å². The lowest BCUT2D eigenvalue weighted by molar-refractivity contribution is 0.398. The fourth-order valence-corrected chi connectivity index (χ4v) is 4.12. The van der Waals surface area contributed by atoms with Crippen LogP contribution in [-0.2, 0) is 11.8 Å². The molecule has 2 rings (SSSR count). The predicted molar refractivity (Wildman–Crippen MR) is 83.5 cm³/mol. The number of thioether (sulfide) groups is 1. The molecule has 1 aromatic carbocycles. The Labute approximate surface area is 117 Å². The molecule has 0 bridgehead atoms. The molecule has 1 aliphatic heterocycles. The molecule has 0 aliphatic carbocycles. The lowest BCUT2D eigenvalue weighted by Gasteiger charge is -2.36. The SMILES string of the molecule is CC(C)(C)c1ccc2c(c1)CCSC2C(C)(C)C. The van der Waals surface area contributed by atoms with Gasteiger partial charge in [0.15, 0.2) is 0 Å². The van der Waals surface area contributed by atoms with Crippen molar-refractivity contribution in [1.29, 1.82) is 0 Å². The number of fused-ring (bicyclic) bond motifs is 1. The fourth-order valence-electron chi connectivity index (χ4n) is 2.64. The van der Waals surface area contributed by atoms with E-state index >= 15 is 0 Å². The van der Waals surface area contributed by atoms with Gasteiger partial charge in [-0.3, -0.25) is 0 Å². The zero-order valence-corrected chi connectivity index (χ0v) is 13.4. The average molecular weight is 262 g/mol. The molecule has 0 saturated heterocycles. The summed E-state index contributed by atoms with van der Waals surface area (Å²) in [4.78, 5) is 0. The van der Waals surface area contributed by atoms with Crippen LogP contribution >= 0.6 is 11.8 Å². The van der Waals surface area contributed by atoms with Crippen LogP contribution in [0.25, 0.3) is 0 Å². The van der Waals surface area contributed by atoms with Crippen LogP contribution in [0.3, 0.4) is 0 Å². The van der Waals surface area contributed by atoms with Crippen molar-refractivity contribution in [3.8, 4) is 0 Å². The third kappa shape index (κ3) is 2.77. The molecule has 1 heterocycles. The Bertz CT molecular complexity index is 432. The lowest BCUT2D eigenvalue weighted by Crippen LogP contribution is -2.22. The molecule has 1 aliphatic rings. The highest BCUT2D eigenvalue weighted by Crippen LogP contribution is 2.48. The summed E-state index contributed by atoms with van der Waals surface area (Å²) in [7, 11) is 0. The molecular formula is C17H26S. The molecule has 0 saturated carbocycles. The van der Waals surface area contributed by atoms with Gasteiger partial charge in [-0.15, -0.1) is 0 Å². The molecule has 0 N–H and O–H groups in total. The van der Waals surface area contributed by atoms with Gasteiger partial charge in [0.05, 0.1) is 0 Å². The van der Waals surface area contributed by atoms with E-state index in [9.17, 15) is 0 Å². The van der Waals surface area contributed by atoms with E-state index in [4.69, 9.17) is 0 Å². The van der Waals surface area contributed by atoms with Crippen molar-refractivity contribution in [2.45, 2.75) is 58.6 Å². The van der Waals surface area contributed by atoms with Gasteiger partial charge >= 0.3 is 0 Å². The Morgan fingerprint density at radius 1 is 1.06 bits per heavy atom. The van der Waals surface area contributed by atoms with E-state index in [1.165, 1.54) is 17.7 Å². The quantitative estimate of drug-likeness (QED) is 0.606. The molecule has 1 aromatic rings. The summed E-state index contributed by atoms with van der Waals surface area (Å²) in [6, 6.07) is 7.18. The van der Waals surface area contributed by atoms with Gasteiger partial charge in [-0.1, -0.05) is 59.7 Å². The van der Waals surface area contributed by atoms with E-state index in [0.29, 0.717) is 10.7 Å². The summed E-state index contributed by atoms with van der Waals surface area (Å²) in [6.45, 7) is 14.0. The predicted octanol–water partition coefficient (Wildman–Crippen LogP) is 5.36. The second-order valence-electron chi connectivity index (χ2n) is 7.53. The monoisotopic (exact) mass is 262 g/mol. The van der Waals surface area contributed by atoms with Gasteiger partial charge in [-0.2, -0.15) is 11.8 Å². The second kappa shape index (κ2) is 4.59. The van der Waals surface area contributed by atoms with Crippen molar-refractivity contribution in [1.82, 2.24) is 0 Å². The first-order valence-corrected chi connectivity index (χ1v) is 7.99. The first kappa shape index (κ1) is 14.0. The molecule has 1 heteroatoms. The molecule has 18 heavy (non-hydrogen) atoms. The zero-order chi connectivity index (χ0) is 13.6. The summed E-state index contributed by atoms with van der Waals surface area (Å²) in [5.74, 6) is 1.27. The molecular weight excluding hydrogens is 236 g/mol. The lowest BCUT2D eigenvalue weighted by atomic mass is 9.81. The number of hydrogen-bond acceptors (Lipinski definition) is 1. The average Bonchev–Trinajstić information content (AvgIpc) is 2.25. The Balaban J connectivity index is 2.43. The molecule has 0 aromatic heterocycles. The third-order valence-electron chi connectivity index (χ3n) is 3.73. The minimum atomic E-state index is 0.261. The highest BCUT2D eigenvalue weighted by molar-refractivity contribution is 7.99. The minimum Gasteiger partial charge on any atom is -0.153 e. The summed E-state index contributed by atoms with van der Waals surface area (Å²) in [5, 5.41) is 0.648. The van der Waals surface area contributed by atoms with Crippen LogP contribution in [0.5, 0.6) is 0 Å². The maximum absolute atomic E-state index is 2.45. The smallest absolute Gasteiger partial charge is 0.0348 e. The number of aryl methyl sites for hydroxylation is 1. The van der Waals surface area contributed by atoms with E-state index in [1.807, 2.05) is 0 Å². The number of hydrogen-bond donors (Lipinski definition) is 0. The van der Waals surface area contributed by atoms with Crippen molar-refractivity contribution in [2.24, 2.45) is 5.41 Å². The van der Waals surface area contributed by atoms with Gasteiger partial charge in [0.2, 0.25) is 0 Å². The van der Waals surface area contributed by atoms with Gasteiger partial charge in [-0.25, -0.2) is 0 Å². The van der Waals surface area contributed by atoms with Crippen LogP contribution < -0.4 is 0 Å². The maximum atomic E-state index is 2.45. The van der Waals surface area contributed by atoms with Gasteiger partial charge in [0.25, 0.3) is 0 Å². The van der Waals surface area contributed by atoms with Gasteiger partial charge in [-0.05, 0) is 39.7 Å². The van der Waals surface area contributed by atoms with Crippen LogP contribution in [0.4, 0.5) is 0 Å². The summed E-state index contributed by atoms with van der Waals surface area (Å²) < 4.78 is 0. The van der Waals surface area contributed by atoms with Crippen LogP contribution in [0.2, 0.25) is 0 Å². The zero-order valence-electron chi connectivity index (χ0n) is 12.6. The minimum absolute atomic E-state index is 0.261. The van der Waals surface area contributed by atoms with Crippen molar-refractivity contribution in [2.75, 3.05) is 5.75 Å². The first-order chi connectivity index (χ1) is 8.19. The molecule has 100 valence electrons. The normalized spacial score (nSPS) is 20.7. The van der Waals surface area contributed by atoms with Crippen molar-refractivity contribution in [3.05, 3.63) is 34.9 Å². The van der Waals surface area contributed by atoms with E-state index < -0.39 is 0 Å². The van der Waals surface area contributed by atoms with Crippen molar-refractivity contribution in [3.63, 3.8) is 0 Å². The third-order valence-corrected chi connectivity index (χ3v) is 5.47. The second-order valence-corrected chi connectivity index (χ2v) is 8.74. The molecule has 0 nitrogen and oxygen atoms in total. The number of benzene rings is 1. The molecule has 1 atom stereocenters. The highest BCUT2D eigenvalue weighted by atomic mass is 32.2. The van der Waals surface area contributed by atoms with Crippen LogP contribution in [-0.4, -0.2) is 5.75 Å². The molecule has 0 amide bonds. The highest BCUT2D eigenvalue weighted by Gasteiger charge is 2.31. The summed E-state index contributed by atoms with van der Waals surface area (Å²) in [6.07, 6.45) is 1.23. The molecule has 0 fully saturated rings. The van der Waals surface area contributed by atoms with Gasteiger partial charge < -0.3 is 0 Å². The van der Waals surface area contributed by atoms with E-state index in [0.717, 1.165) is 0 Å². The van der Waals surface area contributed by atoms with Crippen molar-refractivity contribution >= 4 is 11.8 Å². The van der Waals surface area contributed by atoms with Crippen LogP contribution in [0.15, 0.2) is 18.2 Å². The Kier molecular flexibility index (Phi) is 3.57. The van der Waals surface area contributed by atoms with Gasteiger partial charge in [0.1, 0.15) is 0 Å².